The molecule has 18 heavy (non-hydrogen) atoms. The number of amides is 1. The lowest BCUT2D eigenvalue weighted by Crippen LogP contribution is -2.45. The molecule has 0 atom stereocenters. The molecule has 0 aromatic heterocycles. The lowest BCUT2D eigenvalue weighted by Gasteiger charge is -2.18. The predicted octanol–water partition coefficient (Wildman–Crippen LogP) is 2.34. The van der Waals surface area contributed by atoms with Crippen LogP contribution in [-0.2, 0) is 4.79 Å². The van der Waals surface area contributed by atoms with E-state index in [0.717, 1.165) is 0 Å². The van der Waals surface area contributed by atoms with Crippen LogP contribution in [0.4, 0.5) is 11.4 Å². The highest BCUT2D eigenvalue weighted by atomic mass is 79.9. The zero-order valence-corrected chi connectivity index (χ0v) is 11.9. The van der Waals surface area contributed by atoms with Crippen LogP contribution in [0.1, 0.15) is 19.4 Å². The highest BCUT2D eigenvalue weighted by molar-refractivity contribution is 9.10. The van der Waals surface area contributed by atoms with Gasteiger partial charge in [0.15, 0.2) is 0 Å². The Balaban J connectivity index is 3.14. The van der Waals surface area contributed by atoms with Gasteiger partial charge in [-0.3, -0.25) is 14.9 Å². The van der Waals surface area contributed by atoms with E-state index in [0.29, 0.717) is 15.7 Å². The summed E-state index contributed by atoms with van der Waals surface area (Å²) in [5, 5.41) is 13.4. The van der Waals surface area contributed by atoms with Crippen LogP contribution in [0.15, 0.2) is 16.6 Å². The number of nitrogens with one attached hydrogen (secondary N) is 1. The third-order valence-corrected chi connectivity index (χ3v) is 2.97. The Morgan fingerprint density at radius 1 is 1.50 bits per heavy atom. The number of anilines is 1. The fraction of sp³-hybridized carbons (Fsp3) is 0.364. The first kappa shape index (κ1) is 14.6. The van der Waals surface area contributed by atoms with E-state index < -0.39 is 16.4 Å². The molecular formula is C11H14BrN3O3. The highest BCUT2D eigenvalue weighted by Gasteiger charge is 2.24. The molecule has 1 amide bonds. The van der Waals surface area contributed by atoms with Crippen molar-refractivity contribution in [3.05, 3.63) is 32.3 Å². The fourth-order valence-electron chi connectivity index (χ4n) is 1.24. The van der Waals surface area contributed by atoms with E-state index in [-0.39, 0.29) is 5.69 Å². The number of halogens is 1. The van der Waals surface area contributed by atoms with Gasteiger partial charge in [-0.05, 0) is 42.8 Å². The molecule has 0 aliphatic rings. The molecule has 3 N–H and O–H groups in total. The van der Waals surface area contributed by atoms with Crippen LogP contribution in [0.3, 0.4) is 0 Å². The Hall–Kier alpha value is -1.47. The second-order valence-electron chi connectivity index (χ2n) is 4.55. The number of benzene rings is 1. The lowest BCUT2D eigenvalue weighted by atomic mass is 10.1. The van der Waals surface area contributed by atoms with Gasteiger partial charge in [0.25, 0.3) is 5.69 Å². The molecule has 0 saturated heterocycles. The van der Waals surface area contributed by atoms with Crippen molar-refractivity contribution in [1.29, 1.82) is 0 Å². The minimum atomic E-state index is -1.06. The number of hydrogen-bond acceptors (Lipinski definition) is 4. The molecule has 7 heteroatoms. The molecule has 6 nitrogen and oxygen atoms in total. The van der Waals surface area contributed by atoms with Crippen LogP contribution in [0.2, 0.25) is 0 Å². The van der Waals surface area contributed by atoms with Gasteiger partial charge in [0.2, 0.25) is 5.91 Å². The summed E-state index contributed by atoms with van der Waals surface area (Å²) < 4.78 is 0.572. The van der Waals surface area contributed by atoms with Crippen LogP contribution >= 0.6 is 15.9 Å². The molecule has 0 aliphatic heterocycles. The molecule has 0 aliphatic carbocycles. The molecule has 0 bridgehead atoms. The number of nitro benzene ring substituents is 1. The average molecular weight is 316 g/mol. The largest absolute Gasteiger partial charge is 0.323 e. The van der Waals surface area contributed by atoms with Gasteiger partial charge in [0.05, 0.1) is 16.1 Å². The number of nitrogens with zero attached hydrogens (tertiary/aromatic N) is 1. The van der Waals surface area contributed by atoms with Crippen LogP contribution in [0.25, 0.3) is 0 Å². The molecule has 0 saturated carbocycles. The first-order chi connectivity index (χ1) is 8.12. The van der Waals surface area contributed by atoms with E-state index in [4.69, 9.17) is 5.73 Å². The van der Waals surface area contributed by atoms with Crippen molar-refractivity contribution in [3.8, 4) is 0 Å². The van der Waals surface area contributed by atoms with Crippen molar-refractivity contribution in [2.24, 2.45) is 5.73 Å². The third kappa shape index (κ3) is 3.27. The lowest BCUT2D eigenvalue weighted by molar-refractivity contribution is -0.385. The molecule has 0 radical (unpaired) electrons. The Labute approximate surface area is 113 Å². The van der Waals surface area contributed by atoms with E-state index in [1.807, 2.05) is 0 Å². The van der Waals surface area contributed by atoms with Gasteiger partial charge in [0, 0.05) is 16.1 Å². The summed E-state index contributed by atoms with van der Waals surface area (Å²) in [6.07, 6.45) is 0. The van der Waals surface area contributed by atoms with Crippen molar-refractivity contribution in [1.82, 2.24) is 0 Å². The zero-order valence-electron chi connectivity index (χ0n) is 10.3. The Morgan fingerprint density at radius 3 is 2.50 bits per heavy atom. The summed E-state index contributed by atoms with van der Waals surface area (Å²) >= 11 is 3.25. The maximum Gasteiger partial charge on any atom is 0.274 e. The number of carbonyl (C=O) groups excluding carboxylic acids is 1. The average Bonchev–Trinajstić information content (AvgIpc) is 2.19. The molecule has 0 spiro atoms. The Kier molecular flexibility index (Phi) is 4.08. The van der Waals surface area contributed by atoms with Crippen molar-refractivity contribution in [2.75, 3.05) is 5.32 Å². The molecule has 0 fully saturated rings. The van der Waals surface area contributed by atoms with E-state index in [2.05, 4.69) is 21.2 Å². The molecular weight excluding hydrogens is 302 g/mol. The quantitative estimate of drug-likeness (QED) is 0.660. The van der Waals surface area contributed by atoms with E-state index in [9.17, 15) is 14.9 Å². The van der Waals surface area contributed by atoms with Gasteiger partial charge in [-0.2, -0.15) is 0 Å². The monoisotopic (exact) mass is 315 g/mol. The van der Waals surface area contributed by atoms with Crippen molar-refractivity contribution >= 4 is 33.2 Å². The fourth-order valence-corrected chi connectivity index (χ4v) is 1.79. The van der Waals surface area contributed by atoms with E-state index in [1.54, 1.807) is 26.8 Å². The second kappa shape index (κ2) is 5.03. The van der Waals surface area contributed by atoms with Crippen LogP contribution < -0.4 is 11.1 Å². The summed E-state index contributed by atoms with van der Waals surface area (Å²) in [6.45, 7) is 4.74. The standard InChI is InChI=1S/C11H14BrN3O3/c1-6-4-7(12)8(5-9(6)15(17)18)14-10(16)11(2,3)13/h4-5H,13H2,1-3H3,(H,14,16). The Morgan fingerprint density at radius 2 is 2.06 bits per heavy atom. The molecule has 1 aromatic carbocycles. The first-order valence-corrected chi connectivity index (χ1v) is 5.97. The Bertz CT molecular complexity index is 509. The smallest absolute Gasteiger partial charge is 0.274 e. The molecule has 1 rings (SSSR count). The summed E-state index contributed by atoms with van der Waals surface area (Å²) in [6, 6.07) is 2.89. The van der Waals surface area contributed by atoms with Crippen molar-refractivity contribution < 1.29 is 9.72 Å². The summed E-state index contributed by atoms with van der Waals surface area (Å²) in [5.41, 5.74) is 5.37. The molecule has 1 aromatic rings. The number of rotatable bonds is 3. The summed E-state index contributed by atoms with van der Waals surface area (Å²) in [4.78, 5) is 22.1. The normalized spacial score (nSPS) is 11.2. The van der Waals surface area contributed by atoms with Gasteiger partial charge in [-0.15, -0.1) is 0 Å². The molecule has 0 heterocycles. The number of nitro groups is 1. The number of carbonyl (C=O) groups is 1. The van der Waals surface area contributed by atoms with Crippen LogP contribution in [0, 0.1) is 17.0 Å². The van der Waals surface area contributed by atoms with E-state index >= 15 is 0 Å². The topological polar surface area (TPSA) is 98.3 Å². The van der Waals surface area contributed by atoms with Crippen LogP contribution in [0.5, 0.6) is 0 Å². The van der Waals surface area contributed by atoms with Crippen molar-refractivity contribution in [2.45, 2.75) is 26.3 Å². The summed E-state index contributed by atoms with van der Waals surface area (Å²) in [7, 11) is 0. The van der Waals surface area contributed by atoms with E-state index in [1.165, 1.54) is 6.07 Å². The number of aryl methyl sites for hydroxylation is 1. The second-order valence-corrected chi connectivity index (χ2v) is 5.41. The SMILES string of the molecule is Cc1cc(Br)c(NC(=O)C(C)(C)N)cc1[N+](=O)[O-]. The predicted molar refractivity (Wildman–Crippen MR) is 72.4 cm³/mol. The number of nitrogens with two attached hydrogens (primary N) is 1. The van der Waals surface area contributed by atoms with Gasteiger partial charge in [0.1, 0.15) is 0 Å². The van der Waals surface area contributed by atoms with Gasteiger partial charge >= 0.3 is 0 Å². The van der Waals surface area contributed by atoms with Gasteiger partial charge in [-0.25, -0.2) is 0 Å². The van der Waals surface area contributed by atoms with Crippen molar-refractivity contribution in [3.63, 3.8) is 0 Å². The number of hydrogen-bond donors (Lipinski definition) is 2. The maximum absolute atomic E-state index is 11.7. The molecule has 98 valence electrons. The zero-order chi connectivity index (χ0) is 14.1. The minimum absolute atomic E-state index is 0.0525. The van der Waals surface area contributed by atoms with Crippen LogP contribution in [-0.4, -0.2) is 16.4 Å². The summed E-state index contributed by atoms with van der Waals surface area (Å²) in [5.74, 6) is -0.415. The first-order valence-electron chi connectivity index (χ1n) is 5.18. The highest BCUT2D eigenvalue weighted by Crippen LogP contribution is 2.30. The third-order valence-electron chi connectivity index (χ3n) is 2.32. The maximum atomic E-state index is 11.7. The van der Waals surface area contributed by atoms with Gasteiger partial charge in [-0.1, -0.05) is 0 Å². The molecule has 0 unspecified atom stereocenters. The minimum Gasteiger partial charge on any atom is -0.323 e. The van der Waals surface area contributed by atoms with Gasteiger partial charge < -0.3 is 11.1 Å².